The van der Waals surface area contributed by atoms with E-state index in [1.165, 1.54) is 29.0 Å². The normalized spacial score (nSPS) is 11.3. The Bertz CT molecular complexity index is 1060. The highest BCUT2D eigenvalue weighted by Gasteiger charge is 2.13. The van der Waals surface area contributed by atoms with Gasteiger partial charge in [0.05, 0.1) is 22.0 Å². The molecule has 0 aliphatic heterocycles. The number of amides is 1. The highest BCUT2D eigenvalue weighted by molar-refractivity contribution is 7.90. The minimum Gasteiger partial charge on any atom is -0.325 e. The highest BCUT2D eigenvalue weighted by Crippen LogP contribution is 2.21. The van der Waals surface area contributed by atoms with E-state index in [4.69, 9.17) is 0 Å². The molecule has 0 radical (unpaired) electrons. The molecule has 1 N–H and O–H groups in total. The third-order valence-corrected chi connectivity index (χ3v) is 6.06. The molecule has 0 fully saturated rings. The van der Waals surface area contributed by atoms with Crippen molar-refractivity contribution >= 4 is 32.8 Å². The van der Waals surface area contributed by atoms with E-state index in [0.29, 0.717) is 11.4 Å². The van der Waals surface area contributed by atoms with Crippen LogP contribution < -0.4 is 5.32 Å². The minimum atomic E-state index is -3.33. The fourth-order valence-electron chi connectivity index (χ4n) is 2.61. The number of hydrogen-bond donors (Lipinski definition) is 1. The molecule has 0 spiro atoms. The maximum atomic E-state index is 12.4. The van der Waals surface area contributed by atoms with Gasteiger partial charge in [0.15, 0.2) is 9.84 Å². The average Bonchev–Trinajstić information content (AvgIpc) is 3.03. The van der Waals surface area contributed by atoms with Gasteiger partial charge in [-0.2, -0.15) is 0 Å². The topological polar surface area (TPSA) is 76.1 Å². The van der Waals surface area contributed by atoms with Crippen LogP contribution in [0.3, 0.4) is 0 Å². The zero-order chi connectivity index (χ0) is 19.4. The number of rotatable bonds is 6. The van der Waals surface area contributed by atoms with Gasteiger partial charge in [-0.3, -0.25) is 4.79 Å². The lowest BCUT2D eigenvalue weighted by Crippen LogP contribution is -2.16. The van der Waals surface area contributed by atoms with Gasteiger partial charge in [0.25, 0.3) is 0 Å². The lowest BCUT2D eigenvalue weighted by Gasteiger charge is -2.09. The summed E-state index contributed by atoms with van der Waals surface area (Å²) in [4.78, 5) is 17.1. The van der Waals surface area contributed by atoms with Crippen LogP contribution in [-0.2, 0) is 27.5 Å². The SMILES string of the molecule is Cc1ccc(S(C)(=O)=O)cc1NC(=O)Cc1csc(Cc2ccccc2)n1. The molecule has 0 aliphatic carbocycles. The molecule has 0 saturated carbocycles. The van der Waals surface area contributed by atoms with Crippen molar-refractivity contribution < 1.29 is 13.2 Å². The first-order chi connectivity index (χ1) is 12.8. The second kappa shape index (κ2) is 8.02. The number of thiazole rings is 1. The summed E-state index contributed by atoms with van der Waals surface area (Å²) in [6.07, 6.45) is 2.03. The molecule has 0 saturated heterocycles. The zero-order valence-corrected chi connectivity index (χ0v) is 16.7. The Morgan fingerprint density at radius 1 is 1.15 bits per heavy atom. The number of carbonyl (C=O) groups is 1. The Balaban J connectivity index is 1.66. The predicted octanol–water partition coefficient (Wildman–Crippen LogP) is 3.63. The first-order valence-corrected chi connectivity index (χ1v) is 11.2. The third-order valence-electron chi connectivity index (χ3n) is 4.05. The molecule has 0 atom stereocenters. The zero-order valence-electron chi connectivity index (χ0n) is 15.1. The number of benzene rings is 2. The van der Waals surface area contributed by atoms with Crippen molar-refractivity contribution in [3.05, 3.63) is 75.7 Å². The van der Waals surface area contributed by atoms with Gasteiger partial charge in [-0.25, -0.2) is 13.4 Å². The number of sulfone groups is 1. The van der Waals surface area contributed by atoms with E-state index in [2.05, 4.69) is 10.3 Å². The number of carbonyl (C=O) groups excluding carboxylic acids is 1. The molecule has 140 valence electrons. The molecule has 1 heterocycles. The van der Waals surface area contributed by atoms with Gasteiger partial charge in [-0.05, 0) is 30.2 Å². The average molecular weight is 401 g/mol. The van der Waals surface area contributed by atoms with E-state index in [9.17, 15) is 13.2 Å². The molecule has 0 unspecified atom stereocenters. The second-order valence-corrected chi connectivity index (χ2v) is 9.33. The second-order valence-electron chi connectivity index (χ2n) is 6.37. The molecule has 3 rings (SSSR count). The van der Waals surface area contributed by atoms with E-state index in [1.54, 1.807) is 6.07 Å². The Morgan fingerprint density at radius 2 is 1.89 bits per heavy atom. The maximum Gasteiger partial charge on any atom is 0.230 e. The Hall–Kier alpha value is -2.51. The van der Waals surface area contributed by atoms with E-state index >= 15 is 0 Å². The molecule has 0 aliphatic rings. The van der Waals surface area contributed by atoms with Gasteiger partial charge in [0.1, 0.15) is 0 Å². The molecule has 5 nitrogen and oxygen atoms in total. The molecule has 7 heteroatoms. The van der Waals surface area contributed by atoms with Crippen LogP contribution in [0, 0.1) is 6.92 Å². The standard InChI is InChI=1S/C20H20N2O3S2/c1-14-8-9-17(27(2,24)25)12-18(14)22-19(23)11-16-13-26-20(21-16)10-15-6-4-3-5-7-15/h3-9,12-13H,10-11H2,1-2H3,(H,22,23). The fourth-order valence-corrected chi connectivity index (χ4v) is 4.08. The Kier molecular flexibility index (Phi) is 5.72. The van der Waals surface area contributed by atoms with Crippen molar-refractivity contribution in [1.82, 2.24) is 4.98 Å². The van der Waals surface area contributed by atoms with Crippen LogP contribution >= 0.6 is 11.3 Å². The highest BCUT2D eigenvalue weighted by atomic mass is 32.2. The summed E-state index contributed by atoms with van der Waals surface area (Å²) in [5, 5.41) is 5.64. The largest absolute Gasteiger partial charge is 0.325 e. The summed E-state index contributed by atoms with van der Waals surface area (Å²) < 4.78 is 23.4. The molecule has 27 heavy (non-hydrogen) atoms. The van der Waals surface area contributed by atoms with Gasteiger partial charge >= 0.3 is 0 Å². The molecule has 0 bridgehead atoms. The van der Waals surface area contributed by atoms with E-state index in [0.717, 1.165) is 23.2 Å². The van der Waals surface area contributed by atoms with Gasteiger partial charge in [-0.15, -0.1) is 11.3 Å². The van der Waals surface area contributed by atoms with Crippen molar-refractivity contribution in [2.75, 3.05) is 11.6 Å². The summed E-state index contributed by atoms with van der Waals surface area (Å²) in [5.41, 5.74) is 3.19. The molecular weight excluding hydrogens is 380 g/mol. The van der Waals surface area contributed by atoms with E-state index < -0.39 is 9.84 Å². The van der Waals surface area contributed by atoms with Crippen molar-refractivity contribution in [2.24, 2.45) is 0 Å². The summed E-state index contributed by atoms with van der Waals surface area (Å²) >= 11 is 1.53. The Labute approximate surface area is 163 Å². The van der Waals surface area contributed by atoms with E-state index in [-0.39, 0.29) is 17.2 Å². The van der Waals surface area contributed by atoms with Crippen molar-refractivity contribution in [2.45, 2.75) is 24.7 Å². The van der Waals surface area contributed by atoms with Crippen LogP contribution in [0.4, 0.5) is 5.69 Å². The first-order valence-electron chi connectivity index (χ1n) is 8.39. The summed E-state index contributed by atoms with van der Waals surface area (Å²) in [6, 6.07) is 14.8. The monoisotopic (exact) mass is 400 g/mol. The first kappa shape index (κ1) is 19.3. The van der Waals surface area contributed by atoms with Gasteiger partial charge in [0.2, 0.25) is 5.91 Å². The number of anilines is 1. The van der Waals surface area contributed by atoms with Gasteiger partial charge in [0, 0.05) is 23.7 Å². The lowest BCUT2D eigenvalue weighted by molar-refractivity contribution is -0.115. The van der Waals surface area contributed by atoms with Crippen LogP contribution in [-0.4, -0.2) is 25.6 Å². The lowest BCUT2D eigenvalue weighted by atomic mass is 10.2. The molecular formula is C20H20N2O3S2. The summed E-state index contributed by atoms with van der Waals surface area (Å²) in [6.45, 7) is 1.82. The van der Waals surface area contributed by atoms with Crippen LogP contribution in [0.5, 0.6) is 0 Å². The van der Waals surface area contributed by atoms with Crippen molar-refractivity contribution in [3.63, 3.8) is 0 Å². The van der Waals surface area contributed by atoms with E-state index in [1.807, 2.05) is 42.6 Å². The minimum absolute atomic E-state index is 0.147. The summed E-state index contributed by atoms with van der Waals surface area (Å²) in [5.74, 6) is -0.222. The number of nitrogens with zero attached hydrogens (tertiary/aromatic N) is 1. The molecule has 3 aromatic rings. The van der Waals surface area contributed by atoms with Crippen LogP contribution in [0.15, 0.2) is 58.8 Å². The molecule has 1 amide bonds. The van der Waals surface area contributed by atoms with Crippen LogP contribution in [0.1, 0.15) is 21.8 Å². The van der Waals surface area contributed by atoms with Crippen LogP contribution in [0.2, 0.25) is 0 Å². The number of aromatic nitrogens is 1. The maximum absolute atomic E-state index is 12.4. The number of aryl methyl sites for hydroxylation is 1. The smallest absolute Gasteiger partial charge is 0.230 e. The Morgan fingerprint density at radius 3 is 2.59 bits per heavy atom. The fraction of sp³-hybridized carbons (Fsp3) is 0.200. The molecule has 2 aromatic carbocycles. The van der Waals surface area contributed by atoms with Crippen molar-refractivity contribution in [1.29, 1.82) is 0 Å². The van der Waals surface area contributed by atoms with Gasteiger partial charge < -0.3 is 5.32 Å². The molecule has 1 aromatic heterocycles. The number of hydrogen-bond acceptors (Lipinski definition) is 5. The van der Waals surface area contributed by atoms with Crippen LogP contribution in [0.25, 0.3) is 0 Å². The predicted molar refractivity (Wildman–Crippen MR) is 108 cm³/mol. The van der Waals surface area contributed by atoms with Gasteiger partial charge in [-0.1, -0.05) is 36.4 Å². The number of nitrogens with one attached hydrogen (secondary N) is 1. The third kappa shape index (κ3) is 5.24. The quantitative estimate of drug-likeness (QED) is 0.686. The van der Waals surface area contributed by atoms with Crippen molar-refractivity contribution in [3.8, 4) is 0 Å². The summed E-state index contributed by atoms with van der Waals surface area (Å²) in [7, 11) is -3.33.